The average Bonchev–Trinajstić information content (AvgIpc) is 2.74. The van der Waals surface area contributed by atoms with Crippen LogP contribution in [-0.4, -0.2) is 19.5 Å². The largest absolute Gasteiger partial charge is 0.327 e. The number of imidazole rings is 1. The van der Waals surface area contributed by atoms with Crippen LogP contribution in [0, 0.1) is 31.5 Å². The number of nitrogens with zero attached hydrogens (tertiary/aromatic N) is 4. The SMILES string of the molecule is Cc1cn(C)c(C#Cc2nc(C)c3c(F)cccc3n2)n1. The number of aryl methyl sites for hydroxylation is 3. The summed E-state index contributed by atoms with van der Waals surface area (Å²) in [6.07, 6.45) is 1.89. The van der Waals surface area contributed by atoms with Crippen molar-refractivity contribution in [3.8, 4) is 11.8 Å². The summed E-state index contributed by atoms with van der Waals surface area (Å²) in [6.45, 7) is 3.66. The Labute approximate surface area is 121 Å². The molecule has 0 unspecified atom stereocenters. The van der Waals surface area contributed by atoms with Crippen LogP contribution < -0.4 is 0 Å². The summed E-state index contributed by atoms with van der Waals surface area (Å²) in [7, 11) is 1.88. The van der Waals surface area contributed by atoms with Crippen molar-refractivity contribution in [1.82, 2.24) is 19.5 Å². The van der Waals surface area contributed by atoms with Crippen molar-refractivity contribution in [3.05, 3.63) is 53.2 Å². The first-order valence-corrected chi connectivity index (χ1v) is 6.49. The van der Waals surface area contributed by atoms with E-state index < -0.39 is 0 Å². The summed E-state index contributed by atoms with van der Waals surface area (Å²) in [6, 6.07) is 4.79. The predicted molar refractivity (Wildman–Crippen MR) is 78.2 cm³/mol. The fourth-order valence-electron chi connectivity index (χ4n) is 2.22. The van der Waals surface area contributed by atoms with Crippen LogP contribution in [-0.2, 0) is 7.05 Å². The van der Waals surface area contributed by atoms with Crippen LogP contribution in [0.2, 0.25) is 0 Å². The highest BCUT2D eigenvalue weighted by Crippen LogP contribution is 2.18. The first-order chi connectivity index (χ1) is 10.0. The molecule has 2 heterocycles. The number of hydrogen-bond acceptors (Lipinski definition) is 3. The van der Waals surface area contributed by atoms with Crippen molar-refractivity contribution in [3.63, 3.8) is 0 Å². The Morgan fingerprint density at radius 1 is 1.10 bits per heavy atom. The Kier molecular flexibility index (Phi) is 3.15. The van der Waals surface area contributed by atoms with E-state index >= 15 is 0 Å². The van der Waals surface area contributed by atoms with E-state index in [1.165, 1.54) is 6.07 Å². The number of halogens is 1. The van der Waals surface area contributed by atoms with Gasteiger partial charge >= 0.3 is 0 Å². The molecular weight excluding hydrogens is 267 g/mol. The highest BCUT2D eigenvalue weighted by molar-refractivity contribution is 5.81. The third kappa shape index (κ3) is 2.48. The molecule has 0 aliphatic heterocycles. The van der Waals surface area contributed by atoms with Gasteiger partial charge in [-0.1, -0.05) is 6.07 Å². The number of rotatable bonds is 0. The van der Waals surface area contributed by atoms with Gasteiger partial charge in [0.1, 0.15) is 5.82 Å². The minimum Gasteiger partial charge on any atom is -0.327 e. The third-order valence-corrected chi connectivity index (χ3v) is 3.14. The zero-order chi connectivity index (χ0) is 15.0. The summed E-state index contributed by atoms with van der Waals surface area (Å²) in [5, 5.41) is 0.441. The van der Waals surface area contributed by atoms with E-state index in [4.69, 9.17) is 0 Å². The molecule has 0 fully saturated rings. The van der Waals surface area contributed by atoms with Gasteiger partial charge in [-0.25, -0.2) is 19.3 Å². The van der Waals surface area contributed by atoms with E-state index in [-0.39, 0.29) is 5.82 Å². The maximum atomic E-state index is 13.8. The van der Waals surface area contributed by atoms with Crippen LogP contribution in [0.15, 0.2) is 24.4 Å². The molecule has 0 saturated carbocycles. The van der Waals surface area contributed by atoms with Gasteiger partial charge in [0.05, 0.1) is 22.3 Å². The van der Waals surface area contributed by atoms with Crippen molar-refractivity contribution in [2.75, 3.05) is 0 Å². The minimum absolute atomic E-state index is 0.316. The molecule has 21 heavy (non-hydrogen) atoms. The van der Waals surface area contributed by atoms with E-state index in [1.807, 2.05) is 24.7 Å². The van der Waals surface area contributed by atoms with E-state index in [0.29, 0.717) is 28.2 Å². The third-order valence-electron chi connectivity index (χ3n) is 3.14. The first-order valence-electron chi connectivity index (χ1n) is 6.49. The molecule has 5 heteroatoms. The van der Waals surface area contributed by atoms with Gasteiger partial charge in [-0.15, -0.1) is 0 Å². The van der Waals surface area contributed by atoms with Crippen molar-refractivity contribution in [2.24, 2.45) is 7.05 Å². The van der Waals surface area contributed by atoms with E-state index in [1.54, 1.807) is 19.1 Å². The fourth-order valence-corrected chi connectivity index (χ4v) is 2.22. The van der Waals surface area contributed by atoms with Crippen LogP contribution in [0.1, 0.15) is 23.0 Å². The molecule has 0 aliphatic rings. The second kappa shape index (κ2) is 4.98. The smallest absolute Gasteiger partial charge is 0.206 e. The summed E-state index contributed by atoms with van der Waals surface area (Å²) in [5.74, 6) is 6.53. The predicted octanol–water partition coefficient (Wildman–Crippen LogP) is 2.52. The Morgan fingerprint density at radius 2 is 1.90 bits per heavy atom. The highest BCUT2D eigenvalue weighted by atomic mass is 19.1. The molecule has 3 aromatic rings. The normalized spacial score (nSPS) is 10.5. The Balaban J connectivity index is 2.09. The van der Waals surface area contributed by atoms with Gasteiger partial charge in [-0.05, 0) is 37.8 Å². The van der Waals surface area contributed by atoms with Gasteiger partial charge in [0.2, 0.25) is 5.82 Å². The Hall–Kier alpha value is -2.74. The lowest BCUT2D eigenvalue weighted by Crippen LogP contribution is -1.97. The van der Waals surface area contributed by atoms with Crippen LogP contribution in [0.4, 0.5) is 4.39 Å². The molecule has 3 rings (SSSR count). The molecule has 0 N–H and O–H groups in total. The summed E-state index contributed by atoms with van der Waals surface area (Å²) < 4.78 is 15.6. The number of benzene rings is 1. The van der Waals surface area contributed by atoms with Crippen LogP contribution in [0.25, 0.3) is 10.9 Å². The average molecular weight is 280 g/mol. The van der Waals surface area contributed by atoms with Crippen molar-refractivity contribution in [2.45, 2.75) is 13.8 Å². The molecule has 2 aromatic heterocycles. The van der Waals surface area contributed by atoms with Gasteiger partial charge < -0.3 is 4.57 Å². The maximum Gasteiger partial charge on any atom is 0.206 e. The molecule has 0 bridgehead atoms. The van der Waals surface area contributed by atoms with Crippen molar-refractivity contribution >= 4 is 10.9 Å². The fraction of sp³-hybridized carbons (Fsp3) is 0.188. The van der Waals surface area contributed by atoms with E-state index in [0.717, 1.165) is 5.69 Å². The maximum absolute atomic E-state index is 13.8. The summed E-state index contributed by atoms with van der Waals surface area (Å²) in [5.41, 5.74) is 2.04. The van der Waals surface area contributed by atoms with Gasteiger partial charge in [-0.3, -0.25) is 0 Å². The van der Waals surface area contributed by atoms with Crippen LogP contribution in [0.5, 0.6) is 0 Å². The second-order valence-electron chi connectivity index (χ2n) is 4.83. The quantitative estimate of drug-likeness (QED) is 0.594. The Morgan fingerprint density at radius 3 is 2.62 bits per heavy atom. The molecule has 1 aromatic carbocycles. The highest BCUT2D eigenvalue weighted by Gasteiger charge is 2.07. The summed E-state index contributed by atoms with van der Waals surface area (Å²) in [4.78, 5) is 12.8. The van der Waals surface area contributed by atoms with E-state index in [2.05, 4.69) is 26.8 Å². The molecule has 0 amide bonds. The van der Waals surface area contributed by atoms with Gasteiger partial charge in [0.15, 0.2) is 5.82 Å². The number of fused-ring (bicyclic) bond motifs is 1. The molecule has 0 saturated heterocycles. The van der Waals surface area contributed by atoms with E-state index in [9.17, 15) is 4.39 Å². The monoisotopic (exact) mass is 280 g/mol. The molecule has 0 spiro atoms. The Bertz CT molecular complexity index is 900. The number of aromatic nitrogens is 4. The minimum atomic E-state index is -0.316. The van der Waals surface area contributed by atoms with Gasteiger partial charge in [0, 0.05) is 13.2 Å². The zero-order valence-corrected chi connectivity index (χ0v) is 12.0. The lowest BCUT2D eigenvalue weighted by molar-refractivity contribution is 0.638. The van der Waals surface area contributed by atoms with Crippen molar-refractivity contribution < 1.29 is 4.39 Å². The second-order valence-corrected chi connectivity index (χ2v) is 4.83. The molecular formula is C16H13FN4. The van der Waals surface area contributed by atoms with Crippen LogP contribution in [0.3, 0.4) is 0 Å². The molecule has 104 valence electrons. The lowest BCUT2D eigenvalue weighted by Gasteiger charge is -2.02. The number of hydrogen-bond donors (Lipinski definition) is 0. The molecule has 0 aliphatic carbocycles. The zero-order valence-electron chi connectivity index (χ0n) is 12.0. The van der Waals surface area contributed by atoms with Gasteiger partial charge in [-0.2, -0.15) is 0 Å². The standard InChI is InChI=1S/C16H13FN4/c1-10-9-21(3)15(18-10)8-7-14-19-11(2)16-12(17)5-4-6-13(16)20-14/h4-6,9H,1-3H3. The summed E-state index contributed by atoms with van der Waals surface area (Å²) >= 11 is 0. The molecule has 0 radical (unpaired) electrons. The first kappa shape index (κ1) is 13.3. The lowest BCUT2D eigenvalue weighted by atomic mass is 10.2. The van der Waals surface area contributed by atoms with Gasteiger partial charge in [0.25, 0.3) is 0 Å². The van der Waals surface area contributed by atoms with Crippen molar-refractivity contribution in [1.29, 1.82) is 0 Å². The molecule has 4 nitrogen and oxygen atoms in total. The topological polar surface area (TPSA) is 43.6 Å². The van der Waals surface area contributed by atoms with Crippen LogP contribution >= 0.6 is 0 Å². The molecule has 0 atom stereocenters.